The summed E-state index contributed by atoms with van der Waals surface area (Å²) >= 11 is 6.03. The molecule has 0 fully saturated rings. The van der Waals surface area contributed by atoms with Gasteiger partial charge in [0.2, 0.25) is 0 Å². The number of nitrogens with one attached hydrogen (secondary N) is 2. The molecule has 0 saturated heterocycles. The number of carbonyl (C=O) groups is 1. The van der Waals surface area contributed by atoms with Gasteiger partial charge in [-0.05, 0) is 63.3 Å². The van der Waals surface area contributed by atoms with E-state index in [1.165, 1.54) is 0 Å². The van der Waals surface area contributed by atoms with Crippen LogP contribution in [0.3, 0.4) is 0 Å². The summed E-state index contributed by atoms with van der Waals surface area (Å²) in [5, 5.41) is 4.41. The van der Waals surface area contributed by atoms with Crippen LogP contribution >= 0.6 is 11.6 Å². The van der Waals surface area contributed by atoms with Gasteiger partial charge in [0.15, 0.2) is 0 Å². The fraction of sp³-hybridized carbons (Fsp3) is 0.304. The molecule has 0 aliphatic heterocycles. The van der Waals surface area contributed by atoms with Gasteiger partial charge in [0.1, 0.15) is 0 Å². The third-order valence-electron chi connectivity index (χ3n) is 5.06. The van der Waals surface area contributed by atoms with Crippen LogP contribution in [-0.4, -0.2) is 48.0 Å². The van der Waals surface area contributed by atoms with E-state index < -0.39 is 0 Å². The number of nitrogens with zero attached hydrogens (tertiary/aromatic N) is 2. The lowest BCUT2D eigenvalue weighted by atomic mass is 10.0. The lowest BCUT2D eigenvalue weighted by Gasteiger charge is -2.25. The largest absolute Gasteiger partial charge is 0.322 e. The van der Waals surface area contributed by atoms with Crippen molar-refractivity contribution in [1.29, 1.82) is 0 Å². The highest BCUT2D eigenvalue weighted by Crippen LogP contribution is 2.21. The van der Waals surface area contributed by atoms with Crippen molar-refractivity contribution in [3.8, 4) is 0 Å². The van der Waals surface area contributed by atoms with Crippen LogP contribution in [0.15, 0.2) is 47.3 Å². The highest BCUT2D eigenvalue weighted by molar-refractivity contribution is 6.30. The summed E-state index contributed by atoms with van der Waals surface area (Å²) in [6.45, 7) is 5.34. The maximum absolute atomic E-state index is 13.0. The lowest BCUT2D eigenvalue weighted by molar-refractivity contribution is 0.202. The van der Waals surface area contributed by atoms with E-state index in [0.29, 0.717) is 29.4 Å². The third kappa shape index (κ3) is 5.20. The topological polar surface area (TPSA) is 68.4 Å². The first-order valence-electron chi connectivity index (χ1n) is 9.83. The van der Waals surface area contributed by atoms with Crippen LogP contribution in [0, 0.1) is 13.8 Å². The number of rotatable bonds is 6. The molecule has 158 valence electrons. The number of urea groups is 1. The van der Waals surface area contributed by atoms with E-state index in [1.807, 2.05) is 51.0 Å². The number of benzene rings is 2. The van der Waals surface area contributed by atoms with Gasteiger partial charge in [0.25, 0.3) is 5.56 Å². The number of anilines is 1. The first-order chi connectivity index (χ1) is 14.2. The maximum Gasteiger partial charge on any atom is 0.322 e. The predicted octanol–water partition coefficient (Wildman–Crippen LogP) is 4.39. The van der Waals surface area contributed by atoms with Gasteiger partial charge < -0.3 is 20.1 Å². The molecule has 0 atom stereocenters. The van der Waals surface area contributed by atoms with Crippen molar-refractivity contribution >= 4 is 34.2 Å². The Bertz CT molecular complexity index is 1120. The summed E-state index contributed by atoms with van der Waals surface area (Å²) in [4.78, 5) is 32.4. The van der Waals surface area contributed by atoms with E-state index in [1.54, 1.807) is 29.2 Å². The van der Waals surface area contributed by atoms with Crippen molar-refractivity contribution < 1.29 is 4.79 Å². The number of aryl methyl sites for hydroxylation is 2. The lowest BCUT2D eigenvalue weighted by Crippen LogP contribution is -2.40. The van der Waals surface area contributed by atoms with Crippen LogP contribution < -0.4 is 10.9 Å². The Balaban J connectivity index is 1.91. The van der Waals surface area contributed by atoms with Crippen LogP contribution in [0.5, 0.6) is 0 Å². The van der Waals surface area contributed by atoms with Crippen molar-refractivity contribution in [1.82, 2.24) is 14.8 Å². The zero-order chi connectivity index (χ0) is 21.8. The number of hydrogen-bond donors (Lipinski definition) is 2. The minimum absolute atomic E-state index is 0.179. The smallest absolute Gasteiger partial charge is 0.321 e. The molecule has 3 aromatic rings. The number of H-pyrrole nitrogens is 1. The van der Waals surface area contributed by atoms with E-state index in [9.17, 15) is 9.59 Å². The molecule has 2 aromatic carbocycles. The number of carbonyl (C=O) groups excluding carboxylic acids is 1. The molecule has 0 bridgehead atoms. The first-order valence-corrected chi connectivity index (χ1v) is 10.2. The van der Waals surface area contributed by atoms with Gasteiger partial charge in [-0.2, -0.15) is 0 Å². The number of hydrogen-bond acceptors (Lipinski definition) is 3. The number of halogens is 1. The molecular weight excluding hydrogens is 400 g/mol. The first kappa shape index (κ1) is 21.9. The van der Waals surface area contributed by atoms with Crippen molar-refractivity contribution in [2.75, 3.05) is 32.5 Å². The Morgan fingerprint density at radius 2 is 1.80 bits per heavy atom. The summed E-state index contributed by atoms with van der Waals surface area (Å²) in [5.41, 5.74) is 3.92. The average molecular weight is 427 g/mol. The molecule has 1 heterocycles. The Morgan fingerprint density at radius 3 is 2.50 bits per heavy atom. The van der Waals surface area contributed by atoms with Crippen LogP contribution in [0.2, 0.25) is 5.02 Å². The number of likely N-dealkylation sites (N-methyl/N-ethyl adjacent to an activating group) is 1. The Hall–Kier alpha value is -2.83. The highest BCUT2D eigenvalue weighted by Gasteiger charge is 2.17. The van der Waals surface area contributed by atoms with Crippen molar-refractivity contribution in [3.63, 3.8) is 0 Å². The van der Waals surface area contributed by atoms with Crippen LogP contribution in [0.1, 0.15) is 16.7 Å². The molecule has 1 aromatic heterocycles. The summed E-state index contributed by atoms with van der Waals surface area (Å²) < 4.78 is 0. The molecule has 2 amide bonds. The highest BCUT2D eigenvalue weighted by atomic mass is 35.5. The quantitative estimate of drug-likeness (QED) is 0.614. The summed E-state index contributed by atoms with van der Waals surface area (Å²) in [6.07, 6.45) is 0. The molecule has 0 radical (unpaired) electrons. The Morgan fingerprint density at radius 1 is 1.07 bits per heavy atom. The number of fused-ring (bicyclic) bond motifs is 1. The normalized spacial score (nSPS) is 11.1. The standard InChI is InChI=1S/C23H27ClN4O2/c1-15-8-9-16(2)21-20(15)12-17(22(29)26-21)14-28(11-10-27(3)4)23(30)25-19-7-5-6-18(24)13-19/h5-9,12-13H,10-11,14H2,1-4H3,(H,25,30)(H,26,29). The maximum atomic E-state index is 13.0. The van der Waals surface area contributed by atoms with Gasteiger partial charge in [-0.25, -0.2) is 4.79 Å². The number of pyridine rings is 1. The van der Waals surface area contributed by atoms with Gasteiger partial charge in [-0.1, -0.05) is 29.8 Å². The van der Waals surface area contributed by atoms with E-state index in [4.69, 9.17) is 11.6 Å². The van der Waals surface area contributed by atoms with Gasteiger partial charge in [0, 0.05) is 34.7 Å². The molecule has 0 aliphatic rings. The number of aromatic nitrogens is 1. The van der Waals surface area contributed by atoms with Gasteiger partial charge >= 0.3 is 6.03 Å². The van der Waals surface area contributed by atoms with E-state index in [2.05, 4.69) is 10.3 Å². The number of aromatic amines is 1. The van der Waals surface area contributed by atoms with Crippen molar-refractivity contribution in [3.05, 3.63) is 74.5 Å². The monoisotopic (exact) mass is 426 g/mol. The summed E-state index contributed by atoms with van der Waals surface area (Å²) in [6, 6.07) is 12.7. The Kier molecular flexibility index (Phi) is 6.80. The average Bonchev–Trinajstić information content (AvgIpc) is 2.68. The molecule has 2 N–H and O–H groups in total. The van der Waals surface area contributed by atoms with Gasteiger partial charge in [-0.3, -0.25) is 4.79 Å². The molecule has 30 heavy (non-hydrogen) atoms. The third-order valence-corrected chi connectivity index (χ3v) is 5.30. The second-order valence-corrected chi connectivity index (χ2v) is 8.21. The summed E-state index contributed by atoms with van der Waals surface area (Å²) in [5.74, 6) is 0. The fourth-order valence-corrected chi connectivity index (χ4v) is 3.47. The summed E-state index contributed by atoms with van der Waals surface area (Å²) in [7, 11) is 3.89. The molecule has 3 rings (SSSR count). The molecular formula is C23H27ClN4O2. The van der Waals surface area contributed by atoms with E-state index in [0.717, 1.165) is 22.0 Å². The van der Waals surface area contributed by atoms with Crippen molar-refractivity contribution in [2.24, 2.45) is 0 Å². The van der Waals surface area contributed by atoms with Gasteiger partial charge in [0.05, 0.1) is 12.1 Å². The molecule has 0 spiro atoms. The van der Waals surface area contributed by atoms with Gasteiger partial charge in [-0.15, -0.1) is 0 Å². The molecule has 6 nitrogen and oxygen atoms in total. The Labute approximate surface area is 181 Å². The van der Waals surface area contributed by atoms with E-state index in [-0.39, 0.29) is 18.1 Å². The molecule has 0 unspecified atom stereocenters. The predicted molar refractivity (Wildman–Crippen MR) is 123 cm³/mol. The molecule has 0 saturated carbocycles. The second kappa shape index (κ2) is 9.32. The van der Waals surface area contributed by atoms with Crippen LogP contribution in [-0.2, 0) is 6.54 Å². The van der Waals surface area contributed by atoms with Crippen molar-refractivity contribution in [2.45, 2.75) is 20.4 Å². The minimum Gasteiger partial charge on any atom is -0.321 e. The number of amides is 2. The zero-order valence-electron chi connectivity index (χ0n) is 17.8. The molecule has 0 aliphatic carbocycles. The molecule has 7 heteroatoms. The second-order valence-electron chi connectivity index (χ2n) is 7.78. The van der Waals surface area contributed by atoms with Crippen LogP contribution in [0.25, 0.3) is 10.9 Å². The SMILES string of the molecule is Cc1ccc(C)c2[nH]c(=O)c(CN(CCN(C)C)C(=O)Nc3cccc(Cl)c3)cc12. The zero-order valence-corrected chi connectivity index (χ0v) is 18.5. The van der Waals surface area contributed by atoms with Crippen LogP contribution in [0.4, 0.5) is 10.5 Å². The van der Waals surface area contributed by atoms with E-state index >= 15 is 0 Å². The fourth-order valence-electron chi connectivity index (χ4n) is 3.28. The minimum atomic E-state index is -0.278.